The van der Waals surface area contributed by atoms with Crippen LogP contribution in [0.2, 0.25) is 0 Å². The molecule has 0 fully saturated rings. The summed E-state index contributed by atoms with van der Waals surface area (Å²) in [5.74, 6) is 0.714. The van der Waals surface area contributed by atoms with Crippen molar-refractivity contribution in [2.75, 3.05) is 24.7 Å². The number of nitrogens with one attached hydrogen (secondary N) is 3. The predicted octanol–water partition coefficient (Wildman–Crippen LogP) is 1.61. The quantitative estimate of drug-likeness (QED) is 0.578. The molecule has 8 nitrogen and oxygen atoms in total. The lowest BCUT2D eigenvalue weighted by Crippen LogP contribution is -2.35. The average Bonchev–Trinajstić information content (AvgIpc) is 2.68. The fourth-order valence-corrected chi connectivity index (χ4v) is 2.36. The second kappa shape index (κ2) is 7.06. The van der Waals surface area contributed by atoms with E-state index >= 15 is 0 Å². The van der Waals surface area contributed by atoms with Gasteiger partial charge in [0.2, 0.25) is 0 Å². The normalized spacial score (nSPS) is 10.4. The Bertz CT molecular complexity index is 1020. The van der Waals surface area contributed by atoms with Crippen LogP contribution in [0.15, 0.2) is 52.2 Å². The molecule has 26 heavy (non-hydrogen) atoms. The molecule has 0 atom stereocenters. The van der Waals surface area contributed by atoms with Gasteiger partial charge in [-0.25, -0.2) is 0 Å². The zero-order chi connectivity index (χ0) is 18.7. The summed E-state index contributed by atoms with van der Waals surface area (Å²) in [6.45, 7) is 0. The first-order valence-electron chi connectivity index (χ1n) is 7.77. The number of hydrogen-bond donors (Lipinski definition) is 3. The fraction of sp³-hybridized carbons (Fsp3) is 0.111. The van der Waals surface area contributed by atoms with E-state index in [0.717, 1.165) is 0 Å². The van der Waals surface area contributed by atoms with E-state index in [1.165, 1.54) is 19.3 Å². The van der Waals surface area contributed by atoms with Crippen molar-refractivity contribution >= 4 is 23.0 Å². The predicted molar refractivity (Wildman–Crippen MR) is 98.3 cm³/mol. The van der Waals surface area contributed by atoms with Crippen molar-refractivity contribution in [3.05, 3.63) is 68.7 Å². The van der Waals surface area contributed by atoms with Gasteiger partial charge in [-0.05, 0) is 30.3 Å². The number of carbonyl (C=O) groups excluding carboxylic acids is 1. The number of ether oxygens (including phenoxy) is 1. The number of rotatable bonds is 6. The summed E-state index contributed by atoms with van der Waals surface area (Å²) in [5, 5.41) is 8.11. The highest BCUT2D eigenvalue weighted by Gasteiger charge is 2.19. The Balaban J connectivity index is 1.72. The molecular formula is C18H16N4O4. The summed E-state index contributed by atoms with van der Waals surface area (Å²) in [6, 6.07) is 10.0. The topological polar surface area (TPSA) is 109 Å². The minimum Gasteiger partial charge on any atom is -0.457 e. The summed E-state index contributed by atoms with van der Waals surface area (Å²) in [7, 11) is 3.11. The summed E-state index contributed by atoms with van der Waals surface area (Å²) >= 11 is 0. The van der Waals surface area contributed by atoms with Gasteiger partial charge in [-0.1, -0.05) is 0 Å². The molecule has 0 saturated heterocycles. The second-order valence-corrected chi connectivity index (χ2v) is 5.37. The van der Waals surface area contributed by atoms with E-state index in [9.17, 15) is 14.4 Å². The third kappa shape index (κ3) is 3.25. The first-order chi connectivity index (χ1) is 12.5. The molecule has 0 unspecified atom stereocenters. The lowest BCUT2D eigenvalue weighted by molar-refractivity contribution is 0.0958. The number of carbonyl (C=O) groups is 1. The number of amides is 1. The van der Waals surface area contributed by atoms with Gasteiger partial charge in [0, 0.05) is 32.0 Å². The highest BCUT2D eigenvalue weighted by molar-refractivity contribution is 5.92. The van der Waals surface area contributed by atoms with Gasteiger partial charge in [0.1, 0.15) is 28.6 Å². The highest BCUT2D eigenvalue weighted by atomic mass is 16.5. The number of nitrogens with zero attached hydrogens (tertiary/aromatic N) is 1. The molecule has 1 heterocycles. The van der Waals surface area contributed by atoms with Crippen LogP contribution in [-0.2, 0) is 0 Å². The molecule has 2 aromatic carbocycles. The maximum Gasteiger partial charge on any atom is 0.269 e. The largest absolute Gasteiger partial charge is 0.457 e. The van der Waals surface area contributed by atoms with E-state index in [1.54, 1.807) is 37.4 Å². The third-order valence-electron chi connectivity index (χ3n) is 3.71. The molecule has 3 N–H and O–H groups in total. The molecule has 1 aromatic heterocycles. The van der Waals surface area contributed by atoms with Crippen molar-refractivity contribution in [3.63, 3.8) is 0 Å². The highest BCUT2D eigenvalue weighted by Crippen LogP contribution is 2.25. The van der Waals surface area contributed by atoms with Crippen LogP contribution in [0.4, 0.5) is 17.1 Å². The minimum atomic E-state index is -0.548. The van der Waals surface area contributed by atoms with Crippen LogP contribution in [0, 0.1) is 0 Å². The van der Waals surface area contributed by atoms with Gasteiger partial charge >= 0.3 is 0 Å². The lowest BCUT2D eigenvalue weighted by atomic mass is 10.2. The first kappa shape index (κ1) is 17.2. The van der Waals surface area contributed by atoms with E-state index in [1.807, 2.05) is 0 Å². The SMILES string of the molecule is CNC(=O)c1cc(Oc2ccc(Nc3c(NC)c(=O)c3=O)cc2)ccn1. The number of anilines is 3. The Kier molecular flexibility index (Phi) is 4.66. The van der Waals surface area contributed by atoms with E-state index < -0.39 is 10.9 Å². The molecule has 0 aliphatic rings. The van der Waals surface area contributed by atoms with Crippen molar-refractivity contribution < 1.29 is 9.53 Å². The zero-order valence-corrected chi connectivity index (χ0v) is 14.1. The van der Waals surface area contributed by atoms with Crippen LogP contribution in [-0.4, -0.2) is 25.0 Å². The Labute approximate surface area is 148 Å². The van der Waals surface area contributed by atoms with Gasteiger partial charge in [-0.15, -0.1) is 0 Å². The van der Waals surface area contributed by atoms with Crippen LogP contribution in [0.25, 0.3) is 0 Å². The van der Waals surface area contributed by atoms with Gasteiger partial charge in [-0.3, -0.25) is 19.4 Å². The Morgan fingerprint density at radius 1 is 0.962 bits per heavy atom. The average molecular weight is 352 g/mol. The van der Waals surface area contributed by atoms with E-state index in [4.69, 9.17) is 4.74 Å². The molecule has 0 aliphatic heterocycles. The van der Waals surface area contributed by atoms with Crippen molar-refractivity contribution in [1.29, 1.82) is 0 Å². The lowest BCUT2D eigenvalue weighted by Gasteiger charge is -2.13. The molecule has 0 radical (unpaired) electrons. The Morgan fingerprint density at radius 3 is 2.31 bits per heavy atom. The van der Waals surface area contributed by atoms with Gasteiger partial charge < -0.3 is 20.7 Å². The molecule has 0 saturated carbocycles. The van der Waals surface area contributed by atoms with Gasteiger partial charge in [0.05, 0.1) is 0 Å². The van der Waals surface area contributed by atoms with Crippen molar-refractivity contribution in [1.82, 2.24) is 10.3 Å². The zero-order valence-electron chi connectivity index (χ0n) is 14.1. The molecule has 132 valence electrons. The van der Waals surface area contributed by atoms with Crippen LogP contribution in [0.3, 0.4) is 0 Å². The molecule has 0 bridgehead atoms. The monoisotopic (exact) mass is 352 g/mol. The van der Waals surface area contributed by atoms with Crippen LogP contribution < -0.4 is 31.5 Å². The third-order valence-corrected chi connectivity index (χ3v) is 3.71. The van der Waals surface area contributed by atoms with Gasteiger partial charge in [0.15, 0.2) is 0 Å². The summed E-state index contributed by atoms with van der Waals surface area (Å²) < 4.78 is 5.70. The molecule has 1 amide bonds. The number of hydrogen-bond acceptors (Lipinski definition) is 7. The maximum absolute atomic E-state index is 11.6. The fourth-order valence-electron chi connectivity index (χ4n) is 2.36. The minimum absolute atomic E-state index is 0.246. The summed E-state index contributed by atoms with van der Waals surface area (Å²) in [5.41, 5.74) is 0.335. The Hall–Kier alpha value is -3.68. The molecule has 3 rings (SSSR count). The smallest absolute Gasteiger partial charge is 0.269 e. The van der Waals surface area contributed by atoms with Crippen molar-refractivity contribution in [2.45, 2.75) is 0 Å². The number of pyridine rings is 1. The Morgan fingerprint density at radius 2 is 1.65 bits per heavy atom. The van der Waals surface area contributed by atoms with Gasteiger partial charge in [-0.2, -0.15) is 0 Å². The van der Waals surface area contributed by atoms with Crippen LogP contribution >= 0.6 is 0 Å². The van der Waals surface area contributed by atoms with Crippen LogP contribution in [0.5, 0.6) is 11.5 Å². The molecule has 0 spiro atoms. The van der Waals surface area contributed by atoms with E-state index in [-0.39, 0.29) is 23.0 Å². The van der Waals surface area contributed by atoms with Crippen molar-refractivity contribution in [2.24, 2.45) is 0 Å². The van der Waals surface area contributed by atoms with Crippen molar-refractivity contribution in [3.8, 4) is 11.5 Å². The summed E-state index contributed by atoms with van der Waals surface area (Å²) in [4.78, 5) is 38.5. The first-order valence-corrected chi connectivity index (χ1v) is 7.77. The molecule has 3 aromatic rings. The molecular weight excluding hydrogens is 336 g/mol. The maximum atomic E-state index is 11.6. The van der Waals surface area contributed by atoms with Gasteiger partial charge in [0.25, 0.3) is 16.8 Å². The van der Waals surface area contributed by atoms with E-state index in [2.05, 4.69) is 20.9 Å². The second-order valence-electron chi connectivity index (χ2n) is 5.37. The number of aromatic nitrogens is 1. The molecule has 0 aliphatic carbocycles. The number of benzene rings is 1. The van der Waals surface area contributed by atoms with E-state index in [0.29, 0.717) is 17.2 Å². The van der Waals surface area contributed by atoms with Crippen LogP contribution in [0.1, 0.15) is 10.5 Å². The standard InChI is InChI=1S/C18H16N4O4/c1-19-14-15(17(24)16(14)23)22-10-3-5-11(6-4-10)26-12-7-8-21-13(9-12)18(25)20-2/h3-9,19,22H,1-2H3,(H,20,25). The molecule has 8 heteroatoms. The summed E-state index contributed by atoms with van der Waals surface area (Å²) in [6.07, 6.45) is 1.49.